The molecule has 1 aromatic rings. The van der Waals surface area contributed by atoms with Crippen LogP contribution < -0.4 is 5.32 Å². The summed E-state index contributed by atoms with van der Waals surface area (Å²) in [5.74, 6) is 0.681. The molecule has 0 radical (unpaired) electrons. The third-order valence-electron chi connectivity index (χ3n) is 4.17. The number of rotatable bonds is 4. The molecule has 4 nitrogen and oxygen atoms in total. The van der Waals surface area contributed by atoms with Crippen molar-refractivity contribution in [1.29, 1.82) is 0 Å². The van der Waals surface area contributed by atoms with Gasteiger partial charge in [-0.25, -0.2) is 9.97 Å². The predicted octanol–water partition coefficient (Wildman–Crippen LogP) is 1.68. The SMILES string of the molecule is CCNC1CCN(Cc2ccncn2)C(C)C1C. The van der Waals surface area contributed by atoms with Gasteiger partial charge in [0, 0.05) is 31.4 Å². The molecule has 0 spiro atoms. The molecule has 100 valence electrons. The number of aromatic nitrogens is 2. The van der Waals surface area contributed by atoms with Crippen LogP contribution in [0.5, 0.6) is 0 Å². The van der Waals surface area contributed by atoms with Gasteiger partial charge in [-0.1, -0.05) is 13.8 Å². The summed E-state index contributed by atoms with van der Waals surface area (Å²) in [5, 5.41) is 3.60. The van der Waals surface area contributed by atoms with E-state index < -0.39 is 0 Å². The first-order chi connectivity index (χ1) is 8.72. The lowest BCUT2D eigenvalue weighted by atomic mass is 9.87. The van der Waals surface area contributed by atoms with Gasteiger partial charge < -0.3 is 5.32 Å². The quantitative estimate of drug-likeness (QED) is 0.880. The summed E-state index contributed by atoms with van der Waals surface area (Å²) in [7, 11) is 0. The van der Waals surface area contributed by atoms with Crippen LogP contribution in [0.2, 0.25) is 0 Å². The lowest BCUT2D eigenvalue weighted by Crippen LogP contribution is -2.52. The molecule has 1 fully saturated rings. The summed E-state index contributed by atoms with van der Waals surface area (Å²) >= 11 is 0. The van der Waals surface area contributed by atoms with Crippen LogP contribution in [0.1, 0.15) is 32.9 Å². The Kier molecular flexibility index (Phi) is 4.66. The van der Waals surface area contributed by atoms with Crippen LogP contribution in [0.4, 0.5) is 0 Å². The molecule has 4 heteroatoms. The molecule has 0 aromatic carbocycles. The molecule has 1 aliphatic rings. The normalized spacial score (nSPS) is 29.4. The third kappa shape index (κ3) is 3.06. The zero-order valence-electron chi connectivity index (χ0n) is 11.6. The third-order valence-corrected chi connectivity index (χ3v) is 4.17. The fraction of sp³-hybridized carbons (Fsp3) is 0.714. The summed E-state index contributed by atoms with van der Waals surface area (Å²) in [6.07, 6.45) is 4.68. The maximum atomic E-state index is 4.32. The molecule has 2 heterocycles. The maximum Gasteiger partial charge on any atom is 0.115 e. The Morgan fingerprint density at radius 3 is 2.94 bits per heavy atom. The van der Waals surface area contributed by atoms with Crippen molar-refractivity contribution < 1.29 is 0 Å². The van der Waals surface area contributed by atoms with Crippen LogP contribution in [-0.2, 0) is 6.54 Å². The van der Waals surface area contributed by atoms with Gasteiger partial charge in [-0.05, 0) is 31.9 Å². The lowest BCUT2D eigenvalue weighted by Gasteiger charge is -2.42. The molecule has 3 unspecified atom stereocenters. The summed E-state index contributed by atoms with van der Waals surface area (Å²) in [6, 6.07) is 3.26. The second-order valence-corrected chi connectivity index (χ2v) is 5.22. The van der Waals surface area contributed by atoms with E-state index in [0.717, 1.165) is 25.3 Å². The molecule has 0 bridgehead atoms. The van der Waals surface area contributed by atoms with Crippen molar-refractivity contribution in [3.63, 3.8) is 0 Å². The summed E-state index contributed by atoms with van der Waals surface area (Å²) < 4.78 is 0. The summed E-state index contributed by atoms with van der Waals surface area (Å²) in [6.45, 7) is 10.0. The van der Waals surface area contributed by atoms with Gasteiger partial charge in [-0.3, -0.25) is 4.90 Å². The zero-order chi connectivity index (χ0) is 13.0. The van der Waals surface area contributed by atoms with Crippen LogP contribution in [0.3, 0.4) is 0 Å². The second kappa shape index (κ2) is 6.25. The zero-order valence-corrected chi connectivity index (χ0v) is 11.6. The first kappa shape index (κ1) is 13.4. The van der Waals surface area contributed by atoms with Crippen LogP contribution >= 0.6 is 0 Å². The lowest BCUT2D eigenvalue weighted by molar-refractivity contribution is 0.0779. The van der Waals surface area contributed by atoms with E-state index >= 15 is 0 Å². The van der Waals surface area contributed by atoms with Gasteiger partial charge in [0.1, 0.15) is 6.33 Å². The highest BCUT2D eigenvalue weighted by molar-refractivity contribution is 4.99. The fourth-order valence-electron chi connectivity index (χ4n) is 2.83. The summed E-state index contributed by atoms with van der Waals surface area (Å²) in [4.78, 5) is 10.8. The van der Waals surface area contributed by atoms with E-state index in [4.69, 9.17) is 0 Å². The van der Waals surface area contributed by atoms with Crippen molar-refractivity contribution in [1.82, 2.24) is 20.2 Å². The Bertz CT molecular complexity index is 354. The van der Waals surface area contributed by atoms with Crippen LogP contribution in [-0.4, -0.2) is 40.0 Å². The predicted molar refractivity (Wildman–Crippen MR) is 73.1 cm³/mol. The van der Waals surface area contributed by atoms with Gasteiger partial charge >= 0.3 is 0 Å². The minimum absolute atomic E-state index is 0.595. The molecule has 1 saturated heterocycles. The number of likely N-dealkylation sites (tertiary alicyclic amines) is 1. The number of hydrogen-bond donors (Lipinski definition) is 1. The highest BCUT2D eigenvalue weighted by atomic mass is 15.2. The van der Waals surface area contributed by atoms with E-state index in [2.05, 4.69) is 41.0 Å². The first-order valence-electron chi connectivity index (χ1n) is 6.94. The Morgan fingerprint density at radius 1 is 1.44 bits per heavy atom. The van der Waals surface area contributed by atoms with Gasteiger partial charge in [-0.2, -0.15) is 0 Å². The number of nitrogens with zero attached hydrogens (tertiary/aromatic N) is 3. The smallest absolute Gasteiger partial charge is 0.115 e. The highest BCUT2D eigenvalue weighted by Crippen LogP contribution is 2.24. The van der Waals surface area contributed by atoms with E-state index in [9.17, 15) is 0 Å². The molecular formula is C14H24N4. The van der Waals surface area contributed by atoms with Crippen molar-refractivity contribution in [2.24, 2.45) is 5.92 Å². The number of nitrogens with one attached hydrogen (secondary N) is 1. The van der Waals surface area contributed by atoms with Crippen molar-refractivity contribution in [2.45, 2.75) is 45.8 Å². The topological polar surface area (TPSA) is 41.0 Å². The van der Waals surface area contributed by atoms with Crippen LogP contribution in [0, 0.1) is 5.92 Å². The maximum absolute atomic E-state index is 4.32. The van der Waals surface area contributed by atoms with Crippen molar-refractivity contribution in [3.05, 3.63) is 24.3 Å². The van der Waals surface area contributed by atoms with Crippen molar-refractivity contribution >= 4 is 0 Å². The van der Waals surface area contributed by atoms with Crippen molar-refractivity contribution in [2.75, 3.05) is 13.1 Å². The Hall–Kier alpha value is -1.00. The minimum Gasteiger partial charge on any atom is -0.314 e. The first-order valence-corrected chi connectivity index (χ1v) is 6.94. The van der Waals surface area contributed by atoms with E-state index in [1.54, 1.807) is 6.33 Å². The van der Waals surface area contributed by atoms with E-state index in [-0.39, 0.29) is 0 Å². The Balaban J connectivity index is 1.96. The molecule has 0 amide bonds. The molecule has 1 aliphatic heterocycles. The Labute approximate surface area is 110 Å². The largest absolute Gasteiger partial charge is 0.314 e. The minimum atomic E-state index is 0.595. The molecule has 1 N–H and O–H groups in total. The van der Waals surface area contributed by atoms with Gasteiger partial charge in [0.25, 0.3) is 0 Å². The molecule has 3 atom stereocenters. The van der Waals surface area contributed by atoms with Gasteiger partial charge in [-0.15, -0.1) is 0 Å². The molecular weight excluding hydrogens is 224 g/mol. The monoisotopic (exact) mass is 248 g/mol. The average molecular weight is 248 g/mol. The number of piperidine rings is 1. The standard InChI is InChI=1S/C14H24N4/c1-4-16-14-6-8-18(12(3)11(14)2)9-13-5-7-15-10-17-13/h5,7,10-12,14,16H,4,6,8-9H2,1-3H3. The van der Waals surface area contributed by atoms with E-state index in [1.807, 2.05) is 12.3 Å². The van der Waals surface area contributed by atoms with E-state index in [0.29, 0.717) is 18.0 Å². The molecule has 1 aromatic heterocycles. The molecule has 0 saturated carbocycles. The van der Waals surface area contributed by atoms with Gasteiger partial charge in [0.2, 0.25) is 0 Å². The van der Waals surface area contributed by atoms with Gasteiger partial charge in [0.15, 0.2) is 0 Å². The highest BCUT2D eigenvalue weighted by Gasteiger charge is 2.31. The second-order valence-electron chi connectivity index (χ2n) is 5.22. The van der Waals surface area contributed by atoms with Crippen LogP contribution in [0.25, 0.3) is 0 Å². The molecule has 0 aliphatic carbocycles. The fourth-order valence-corrected chi connectivity index (χ4v) is 2.83. The Morgan fingerprint density at radius 2 is 2.28 bits per heavy atom. The molecule has 2 rings (SSSR count). The molecule has 18 heavy (non-hydrogen) atoms. The average Bonchev–Trinajstić information content (AvgIpc) is 2.40. The number of hydrogen-bond acceptors (Lipinski definition) is 4. The van der Waals surface area contributed by atoms with Crippen molar-refractivity contribution in [3.8, 4) is 0 Å². The van der Waals surface area contributed by atoms with Gasteiger partial charge in [0.05, 0.1) is 5.69 Å². The van der Waals surface area contributed by atoms with Crippen LogP contribution in [0.15, 0.2) is 18.6 Å². The summed E-state index contributed by atoms with van der Waals surface area (Å²) in [5.41, 5.74) is 1.12. The van der Waals surface area contributed by atoms with E-state index in [1.165, 1.54) is 6.42 Å².